The van der Waals surface area contributed by atoms with Crippen molar-refractivity contribution in [2.75, 3.05) is 0 Å². The van der Waals surface area contributed by atoms with E-state index in [1.54, 1.807) is 13.8 Å². The molecule has 0 unspecified atom stereocenters. The van der Waals surface area contributed by atoms with E-state index in [2.05, 4.69) is 15.9 Å². The van der Waals surface area contributed by atoms with E-state index >= 15 is 0 Å². The molecule has 0 radical (unpaired) electrons. The zero-order valence-electron chi connectivity index (χ0n) is 10.4. The lowest BCUT2D eigenvalue weighted by Crippen LogP contribution is -2.04. The zero-order chi connectivity index (χ0) is 14.2. The van der Waals surface area contributed by atoms with Crippen LogP contribution in [0.2, 0.25) is 0 Å². The Labute approximate surface area is 118 Å². The number of carbonyl (C=O) groups is 1. The van der Waals surface area contributed by atoms with Crippen molar-refractivity contribution >= 4 is 21.7 Å². The first-order valence-electron chi connectivity index (χ1n) is 5.66. The molecular formula is C15H11BrF2O. The highest BCUT2D eigenvalue weighted by atomic mass is 79.9. The molecule has 0 amide bonds. The Hall–Kier alpha value is -1.55. The standard InChI is InChI=1S/C15H11BrF2O/c1-8-5-11(6-9(2)14(8)18)15(19)10-3-4-12(16)13(17)7-10/h3-7H,1-2H3. The molecule has 1 nitrogen and oxygen atoms in total. The van der Waals surface area contributed by atoms with Crippen LogP contribution in [0.4, 0.5) is 8.78 Å². The van der Waals surface area contributed by atoms with Gasteiger partial charge >= 0.3 is 0 Å². The smallest absolute Gasteiger partial charge is 0.193 e. The summed E-state index contributed by atoms with van der Waals surface area (Å²) in [5.74, 6) is -1.14. The van der Waals surface area contributed by atoms with Gasteiger partial charge in [0.25, 0.3) is 0 Å². The number of ketones is 1. The van der Waals surface area contributed by atoms with Crippen LogP contribution in [0.1, 0.15) is 27.0 Å². The summed E-state index contributed by atoms with van der Waals surface area (Å²) < 4.78 is 27.2. The third-order valence-electron chi connectivity index (χ3n) is 2.88. The molecule has 2 aromatic carbocycles. The van der Waals surface area contributed by atoms with Crippen LogP contribution in [-0.2, 0) is 0 Å². The molecule has 0 saturated carbocycles. The second kappa shape index (κ2) is 5.21. The summed E-state index contributed by atoms with van der Waals surface area (Å²) in [5.41, 5.74) is 1.41. The van der Waals surface area contributed by atoms with Crippen LogP contribution in [0.5, 0.6) is 0 Å². The Balaban J connectivity index is 2.47. The van der Waals surface area contributed by atoms with Crippen LogP contribution in [0, 0.1) is 25.5 Å². The molecule has 0 spiro atoms. The fourth-order valence-corrected chi connectivity index (χ4v) is 2.13. The molecule has 0 aliphatic heterocycles. The Morgan fingerprint density at radius 3 is 2.11 bits per heavy atom. The zero-order valence-corrected chi connectivity index (χ0v) is 12.0. The number of aryl methyl sites for hydroxylation is 2. The average molecular weight is 325 g/mol. The van der Waals surface area contributed by atoms with E-state index in [4.69, 9.17) is 0 Å². The average Bonchev–Trinajstić information content (AvgIpc) is 2.37. The van der Waals surface area contributed by atoms with Gasteiger partial charge in [-0.2, -0.15) is 0 Å². The van der Waals surface area contributed by atoms with Crippen molar-refractivity contribution in [2.24, 2.45) is 0 Å². The highest BCUT2D eigenvalue weighted by Gasteiger charge is 2.14. The number of hydrogen-bond acceptors (Lipinski definition) is 1. The molecule has 0 aliphatic carbocycles. The molecule has 19 heavy (non-hydrogen) atoms. The van der Waals surface area contributed by atoms with Gasteiger partial charge in [0, 0.05) is 11.1 Å². The number of hydrogen-bond donors (Lipinski definition) is 0. The first kappa shape index (κ1) is 13.9. The molecule has 2 rings (SSSR count). The normalized spacial score (nSPS) is 10.6. The van der Waals surface area contributed by atoms with E-state index in [1.165, 1.54) is 30.3 Å². The van der Waals surface area contributed by atoms with Gasteiger partial charge in [-0.25, -0.2) is 8.78 Å². The van der Waals surface area contributed by atoms with E-state index in [1.807, 2.05) is 0 Å². The van der Waals surface area contributed by atoms with E-state index in [0.29, 0.717) is 21.2 Å². The van der Waals surface area contributed by atoms with E-state index in [9.17, 15) is 13.6 Å². The Morgan fingerprint density at radius 1 is 1.00 bits per heavy atom. The summed E-state index contributed by atoms with van der Waals surface area (Å²) in [6, 6.07) is 7.13. The molecule has 0 aromatic heterocycles. The predicted molar refractivity (Wildman–Crippen MR) is 73.4 cm³/mol. The van der Waals surface area contributed by atoms with Crippen molar-refractivity contribution in [3.05, 3.63) is 68.7 Å². The first-order valence-corrected chi connectivity index (χ1v) is 6.46. The molecule has 0 fully saturated rings. The predicted octanol–water partition coefficient (Wildman–Crippen LogP) is 4.58. The minimum atomic E-state index is -0.499. The van der Waals surface area contributed by atoms with Crippen LogP contribution in [0.3, 0.4) is 0 Å². The van der Waals surface area contributed by atoms with Gasteiger partial charge in [-0.05, 0) is 71.2 Å². The van der Waals surface area contributed by atoms with Crippen molar-refractivity contribution in [2.45, 2.75) is 13.8 Å². The first-order chi connectivity index (χ1) is 8.90. The van der Waals surface area contributed by atoms with E-state index < -0.39 is 5.82 Å². The van der Waals surface area contributed by atoms with Gasteiger partial charge < -0.3 is 0 Å². The van der Waals surface area contributed by atoms with Crippen molar-refractivity contribution in [1.82, 2.24) is 0 Å². The lowest BCUT2D eigenvalue weighted by molar-refractivity contribution is 0.103. The fraction of sp³-hybridized carbons (Fsp3) is 0.133. The van der Waals surface area contributed by atoms with Crippen LogP contribution < -0.4 is 0 Å². The number of halogens is 3. The van der Waals surface area contributed by atoms with E-state index in [-0.39, 0.29) is 17.2 Å². The van der Waals surface area contributed by atoms with Gasteiger partial charge in [0.05, 0.1) is 4.47 Å². The molecule has 2 aromatic rings. The van der Waals surface area contributed by atoms with Gasteiger partial charge in [0.2, 0.25) is 0 Å². The minimum absolute atomic E-state index is 0.242. The third kappa shape index (κ3) is 2.73. The molecule has 0 heterocycles. The number of rotatable bonds is 2. The molecule has 0 atom stereocenters. The van der Waals surface area contributed by atoms with Crippen molar-refractivity contribution in [3.8, 4) is 0 Å². The minimum Gasteiger partial charge on any atom is -0.289 e. The second-order valence-electron chi connectivity index (χ2n) is 4.38. The molecule has 98 valence electrons. The number of benzene rings is 2. The molecular weight excluding hydrogens is 314 g/mol. The van der Waals surface area contributed by atoms with Crippen molar-refractivity contribution in [1.29, 1.82) is 0 Å². The van der Waals surface area contributed by atoms with Crippen molar-refractivity contribution < 1.29 is 13.6 Å². The highest BCUT2D eigenvalue weighted by molar-refractivity contribution is 9.10. The molecule has 0 N–H and O–H groups in total. The van der Waals surface area contributed by atoms with Crippen LogP contribution in [0.15, 0.2) is 34.8 Å². The summed E-state index contributed by atoms with van der Waals surface area (Å²) in [4.78, 5) is 12.2. The Bertz CT molecular complexity index is 642. The SMILES string of the molecule is Cc1cc(C(=O)c2ccc(Br)c(F)c2)cc(C)c1F. The van der Waals surface area contributed by atoms with Gasteiger partial charge in [-0.3, -0.25) is 4.79 Å². The molecule has 0 bridgehead atoms. The lowest BCUT2D eigenvalue weighted by atomic mass is 9.99. The summed E-state index contributed by atoms with van der Waals surface area (Å²) in [6.45, 7) is 3.20. The Kier molecular flexibility index (Phi) is 3.80. The van der Waals surface area contributed by atoms with Gasteiger partial charge in [0.15, 0.2) is 5.78 Å². The van der Waals surface area contributed by atoms with Gasteiger partial charge in [-0.15, -0.1) is 0 Å². The van der Waals surface area contributed by atoms with Gasteiger partial charge in [0.1, 0.15) is 11.6 Å². The van der Waals surface area contributed by atoms with E-state index in [0.717, 1.165) is 0 Å². The Morgan fingerprint density at radius 2 is 1.58 bits per heavy atom. The second-order valence-corrected chi connectivity index (χ2v) is 5.24. The molecule has 0 aliphatic rings. The number of carbonyl (C=O) groups excluding carboxylic acids is 1. The maximum absolute atomic E-state index is 13.5. The quantitative estimate of drug-likeness (QED) is 0.739. The topological polar surface area (TPSA) is 17.1 Å². The van der Waals surface area contributed by atoms with Crippen LogP contribution >= 0.6 is 15.9 Å². The summed E-state index contributed by atoms with van der Waals surface area (Å²) >= 11 is 3.03. The summed E-state index contributed by atoms with van der Waals surface area (Å²) in [7, 11) is 0. The fourth-order valence-electron chi connectivity index (χ4n) is 1.88. The summed E-state index contributed by atoms with van der Waals surface area (Å²) in [5, 5.41) is 0. The maximum atomic E-state index is 13.5. The van der Waals surface area contributed by atoms with Crippen molar-refractivity contribution in [3.63, 3.8) is 0 Å². The molecule has 4 heteroatoms. The lowest BCUT2D eigenvalue weighted by Gasteiger charge is -2.07. The maximum Gasteiger partial charge on any atom is 0.193 e. The van der Waals surface area contributed by atoms with Crippen LogP contribution in [-0.4, -0.2) is 5.78 Å². The highest BCUT2D eigenvalue weighted by Crippen LogP contribution is 2.21. The molecule has 0 saturated heterocycles. The monoisotopic (exact) mass is 324 g/mol. The van der Waals surface area contributed by atoms with Gasteiger partial charge in [-0.1, -0.05) is 0 Å². The third-order valence-corrected chi connectivity index (χ3v) is 3.52. The summed E-state index contributed by atoms with van der Waals surface area (Å²) in [6.07, 6.45) is 0. The van der Waals surface area contributed by atoms with Crippen LogP contribution in [0.25, 0.3) is 0 Å². The largest absolute Gasteiger partial charge is 0.289 e.